The Hall–Kier alpha value is -1.27. The zero-order chi connectivity index (χ0) is 18.9. The van der Waals surface area contributed by atoms with Crippen LogP contribution >= 0.6 is 0 Å². The molecule has 140 valence electrons. The first-order chi connectivity index (χ1) is 11.0. The van der Waals surface area contributed by atoms with Crippen molar-refractivity contribution in [2.75, 3.05) is 6.61 Å². The van der Waals surface area contributed by atoms with Crippen LogP contribution in [0, 0.1) is 11.8 Å². The van der Waals surface area contributed by atoms with Crippen molar-refractivity contribution in [1.29, 1.82) is 0 Å². The van der Waals surface area contributed by atoms with E-state index in [-0.39, 0.29) is 36.4 Å². The van der Waals surface area contributed by atoms with E-state index in [0.29, 0.717) is 0 Å². The van der Waals surface area contributed by atoms with Crippen LogP contribution in [0.5, 0.6) is 0 Å². The van der Waals surface area contributed by atoms with Gasteiger partial charge in [0.25, 0.3) is 0 Å². The van der Waals surface area contributed by atoms with E-state index in [1.54, 1.807) is 13.8 Å². The number of rotatable bonds is 8. The van der Waals surface area contributed by atoms with Crippen LogP contribution in [0.4, 0.5) is 0 Å². The summed E-state index contributed by atoms with van der Waals surface area (Å²) in [5.74, 6) is -1.88. The van der Waals surface area contributed by atoms with Crippen molar-refractivity contribution in [2.45, 2.75) is 78.8 Å². The number of aliphatic hydroxyl groups excluding tert-OH is 2. The fourth-order valence-corrected chi connectivity index (χ4v) is 3.45. The molecular weight excluding hydrogens is 312 g/mol. The molecule has 1 heterocycles. The highest BCUT2D eigenvalue weighted by molar-refractivity contribution is 5.90. The predicted octanol–water partition coefficient (Wildman–Crippen LogP) is 2.94. The van der Waals surface area contributed by atoms with E-state index < -0.39 is 22.9 Å². The lowest BCUT2D eigenvalue weighted by Crippen LogP contribution is -2.66. The molecule has 0 radical (unpaired) electrons. The third-order valence-corrected chi connectivity index (χ3v) is 4.41. The average Bonchev–Trinajstić information content (AvgIpc) is 2.69. The molecule has 0 aromatic rings. The molecule has 2 atom stereocenters. The van der Waals surface area contributed by atoms with Gasteiger partial charge in [-0.2, -0.15) is 0 Å². The van der Waals surface area contributed by atoms with Crippen molar-refractivity contribution in [1.82, 2.24) is 0 Å². The summed E-state index contributed by atoms with van der Waals surface area (Å²) >= 11 is 0. The molecule has 0 amide bonds. The molecule has 1 rings (SSSR count). The summed E-state index contributed by atoms with van der Waals surface area (Å²) in [6.07, 6.45) is -0.505. The first-order valence-corrected chi connectivity index (χ1v) is 8.58. The number of carbonyl (C=O) groups excluding carboxylic acids is 1. The number of hydrogen-bond donors (Lipinski definition) is 2. The molecule has 0 saturated heterocycles. The predicted molar refractivity (Wildman–Crippen MR) is 90.4 cm³/mol. The van der Waals surface area contributed by atoms with E-state index in [0.717, 1.165) is 0 Å². The largest absolute Gasteiger partial charge is 0.499 e. The Balaban J connectivity index is 3.71. The monoisotopic (exact) mass is 344 g/mol. The minimum Gasteiger partial charge on any atom is -0.499 e. The lowest BCUT2D eigenvalue weighted by atomic mass is 9.68. The third kappa shape index (κ3) is 3.14. The van der Waals surface area contributed by atoms with Gasteiger partial charge >= 0.3 is 5.97 Å². The van der Waals surface area contributed by atoms with Crippen molar-refractivity contribution in [3.63, 3.8) is 0 Å². The number of ether oxygens (including phenoxy) is 3. The molecule has 0 aromatic heterocycles. The molecule has 6 nitrogen and oxygen atoms in total. The van der Waals surface area contributed by atoms with Crippen LogP contribution in [0.3, 0.4) is 0 Å². The molecule has 0 aliphatic carbocycles. The van der Waals surface area contributed by atoms with Crippen LogP contribution in [0.1, 0.15) is 55.4 Å². The van der Waals surface area contributed by atoms with Gasteiger partial charge in [-0.1, -0.05) is 27.7 Å². The Morgan fingerprint density at radius 3 is 1.96 bits per heavy atom. The van der Waals surface area contributed by atoms with Crippen LogP contribution < -0.4 is 0 Å². The maximum Gasteiger partial charge on any atom is 0.378 e. The molecule has 0 spiro atoms. The molecule has 24 heavy (non-hydrogen) atoms. The minimum absolute atomic E-state index is 0.0425. The standard InChI is InChI=1S/C18H32O6/c1-10(2)17(9-19,23-13(7)8)18(11(3)4)15(22-12(5)6)14(20)16(21)24-18/h10-13,19-20H,9H2,1-8H3/t17-,18+/m1/s1. The summed E-state index contributed by atoms with van der Waals surface area (Å²) in [6, 6.07) is 0. The normalized spacial score (nSPS) is 24.3. The van der Waals surface area contributed by atoms with Gasteiger partial charge in [0.1, 0.15) is 5.60 Å². The second-order valence-corrected chi connectivity index (χ2v) is 7.49. The molecular formula is C18H32O6. The van der Waals surface area contributed by atoms with Crippen LogP contribution in [-0.2, 0) is 19.0 Å². The van der Waals surface area contributed by atoms with Crippen LogP contribution in [0.15, 0.2) is 11.5 Å². The first-order valence-electron chi connectivity index (χ1n) is 8.58. The summed E-state index contributed by atoms with van der Waals surface area (Å²) in [5, 5.41) is 20.6. The summed E-state index contributed by atoms with van der Waals surface area (Å²) < 4.78 is 17.6. The number of esters is 1. The molecule has 0 saturated carbocycles. The van der Waals surface area contributed by atoms with Crippen LogP contribution in [0.25, 0.3) is 0 Å². The number of carbonyl (C=O) groups is 1. The molecule has 0 bridgehead atoms. The van der Waals surface area contributed by atoms with Crippen molar-refractivity contribution >= 4 is 5.97 Å². The number of hydrogen-bond acceptors (Lipinski definition) is 6. The maximum atomic E-state index is 12.2. The van der Waals surface area contributed by atoms with Gasteiger partial charge in [0.2, 0.25) is 11.4 Å². The van der Waals surface area contributed by atoms with Gasteiger partial charge in [0.15, 0.2) is 5.76 Å². The molecule has 0 fully saturated rings. The molecule has 6 heteroatoms. The third-order valence-electron chi connectivity index (χ3n) is 4.41. The van der Waals surface area contributed by atoms with Crippen LogP contribution in [-0.4, -0.2) is 46.2 Å². The fraction of sp³-hybridized carbons (Fsp3) is 0.833. The summed E-state index contributed by atoms with van der Waals surface area (Å²) in [6.45, 7) is 14.4. The average molecular weight is 344 g/mol. The highest BCUT2D eigenvalue weighted by atomic mass is 16.6. The van der Waals surface area contributed by atoms with Gasteiger partial charge in [-0.05, 0) is 33.6 Å². The highest BCUT2D eigenvalue weighted by Crippen LogP contribution is 2.51. The van der Waals surface area contributed by atoms with Crippen molar-refractivity contribution in [3.8, 4) is 0 Å². The van der Waals surface area contributed by atoms with E-state index in [1.165, 1.54) is 0 Å². The van der Waals surface area contributed by atoms with Gasteiger partial charge in [-0.3, -0.25) is 0 Å². The SMILES string of the molecule is CC(C)OC1=C(O)C(=O)O[C@]1(C(C)C)[C@](CO)(OC(C)C)C(C)C. The Bertz CT molecular complexity index is 494. The van der Waals surface area contributed by atoms with Crippen LogP contribution in [0.2, 0.25) is 0 Å². The zero-order valence-corrected chi connectivity index (χ0v) is 16.0. The first kappa shape index (κ1) is 20.8. The lowest BCUT2D eigenvalue weighted by Gasteiger charge is -2.51. The van der Waals surface area contributed by atoms with Gasteiger partial charge in [-0.15, -0.1) is 0 Å². The van der Waals surface area contributed by atoms with Crippen molar-refractivity contribution < 1.29 is 29.2 Å². The van der Waals surface area contributed by atoms with E-state index in [1.807, 2.05) is 41.5 Å². The summed E-state index contributed by atoms with van der Waals surface area (Å²) in [7, 11) is 0. The van der Waals surface area contributed by atoms with E-state index in [4.69, 9.17) is 14.2 Å². The van der Waals surface area contributed by atoms with Gasteiger partial charge in [0.05, 0.1) is 18.8 Å². The van der Waals surface area contributed by atoms with E-state index in [9.17, 15) is 15.0 Å². The highest BCUT2D eigenvalue weighted by Gasteiger charge is 2.67. The molecule has 1 aliphatic heterocycles. The second kappa shape index (κ2) is 7.31. The molecule has 0 aromatic carbocycles. The Labute approximate surface area is 144 Å². The molecule has 0 unspecified atom stereocenters. The van der Waals surface area contributed by atoms with E-state index >= 15 is 0 Å². The smallest absolute Gasteiger partial charge is 0.378 e. The van der Waals surface area contributed by atoms with Crippen molar-refractivity contribution in [3.05, 3.63) is 11.5 Å². The van der Waals surface area contributed by atoms with E-state index in [2.05, 4.69) is 0 Å². The van der Waals surface area contributed by atoms with Crippen molar-refractivity contribution in [2.24, 2.45) is 11.8 Å². The van der Waals surface area contributed by atoms with Gasteiger partial charge < -0.3 is 24.4 Å². The lowest BCUT2D eigenvalue weighted by molar-refractivity contribution is -0.254. The quantitative estimate of drug-likeness (QED) is 0.659. The Kier molecular flexibility index (Phi) is 6.33. The maximum absolute atomic E-state index is 12.2. The number of aliphatic hydroxyl groups is 2. The molecule has 1 aliphatic rings. The fourth-order valence-electron chi connectivity index (χ4n) is 3.45. The second-order valence-electron chi connectivity index (χ2n) is 7.49. The topological polar surface area (TPSA) is 85.2 Å². The summed E-state index contributed by atoms with van der Waals surface area (Å²) in [4.78, 5) is 12.2. The Morgan fingerprint density at radius 2 is 1.62 bits per heavy atom. The minimum atomic E-state index is -1.41. The summed E-state index contributed by atoms with van der Waals surface area (Å²) in [5.41, 5.74) is -2.66. The molecule has 2 N–H and O–H groups in total. The van der Waals surface area contributed by atoms with Gasteiger partial charge in [0, 0.05) is 5.92 Å². The number of cyclic esters (lactones) is 1. The van der Waals surface area contributed by atoms with Gasteiger partial charge in [-0.25, -0.2) is 4.79 Å². The Morgan fingerprint density at radius 1 is 1.08 bits per heavy atom. The zero-order valence-electron chi connectivity index (χ0n) is 16.0.